The van der Waals surface area contributed by atoms with E-state index in [4.69, 9.17) is 9.47 Å². The van der Waals surface area contributed by atoms with Crippen molar-refractivity contribution in [3.63, 3.8) is 0 Å². The van der Waals surface area contributed by atoms with Gasteiger partial charge in [-0.05, 0) is 0 Å². The summed E-state index contributed by atoms with van der Waals surface area (Å²) >= 11 is 0. The molecule has 0 atom stereocenters. The lowest BCUT2D eigenvalue weighted by Crippen LogP contribution is -2.52. The van der Waals surface area contributed by atoms with Gasteiger partial charge < -0.3 is 14.4 Å². The minimum atomic E-state index is -5.89. The fourth-order valence-electron chi connectivity index (χ4n) is 1.98. The van der Waals surface area contributed by atoms with E-state index in [1.54, 1.807) is 0 Å². The number of amides is 1. The van der Waals surface area contributed by atoms with Crippen LogP contribution in [0.15, 0.2) is 0 Å². The minimum absolute atomic E-state index is 0.0900. The molecule has 0 aromatic carbocycles. The van der Waals surface area contributed by atoms with Gasteiger partial charge in [-0.1, -0.05) is 0 Å². The summed E-state index contributed by atoms with van der Waals surface area (Å²) in [5.74, 6) is -8.85. The molecular weight excluding hydrogens is 265 g/mol. The van der Waals surface area contributed by atoms with E-state index in [0.29, 0.717) is 4.90 Å². The van der Waals surface area contributed by atoms with Crippen LogP contribution in [0.5, 0.6) is 0 Å². The Morgan fingerprint density at radius 3 is 2.17 bits per heavy atom. The van der Waals surface area contributed by atoms with Gasteiger partial charge >= 0.3 is 18.0 Å². The van der Waals surface area contributed by atoms with Gasteiger partial charge in [0.25, 0.3) is 0 Å². The largest absolute Gasteiger partial charge is 0.463 e. The van der Waals surface area contributed by atoms with E-state index in [0.717, 1.165) is 0 Å². The van der Waals surface area contributed by atoms with Crippen molar-refractivity contribution in [1.82, 2.24) is 4.90 Å². The molecule has 2 aliphatic heterocycles. The van der Waals surface area contributed by atoms with Crippen LogP contribution < -0.4 is 0 Å². The number of hydrogen-bond donors (Lipinski definition) is 0. The van der Waals surface area contributed by atoms with Crippen LogP contribution in [0.25, 0.3) is 0 Å². The molecule has 104 valence electrons. The first-order valence-electron chi connectivity index (χ1n) is 5.20. The smallest absolute Gasteiger partial charge is 0.346 e. The first-order valence-corrected chi connectivity index (χ1v) is 5.20. The van der Waals surface area contributed by atoms with E-state index in [1.165, 1.54) is 0 Å². The van der Waals surface area contributed by atoms with Crippen LogP contribution in [-0.4, -0.2) is 55.0 Å². The number of hydrogen-bond acceptors (Lipinski definition) is 3. The van der Waals surface area contributed by atoms with Crippen LogP contribution in [0.2, 0.25) is 0 Å². The summed E-state index contributed by atoms with van der Waals surface area (Å²) in [5.41, 5.74) is 0. The molecule has 2 heterocycles. The highest BCUT2D eigenvalue weighted by molar-refractivity contribution is 5.84. The molecule has 0 bridgehead atoms. The summed E-state index contributed by atoms with van der Waals surface area (Å²) in [5, 5.41) is 0. The Hall–Kier alpha value is -0.960. The van der Waals surface area contributed by atoms with Crippen molar-refractivity contribution < 1.29 is 36.2 Å². The summed E-state index contributed by atoms with van der Waals surface area (Å²) in [6.45, 7) is -0.183. The maximum atomic E-state index is 12.9. The third kappa shape index (κ3) is 2.05. The van der Waals surface area contributed by atoms with Gasteiger partial charge in [-0.3, -0.25) is 4.79 Å². The Balaban J connectivity index is 2.08. The highest BCUT2D eigenvalue weighted by atomic mass is 19.4. The van der Waals surface area contributed by atoms with Crippen molar-refractivity contribution in [3.05, 3.63) is 0 Å². The van der Waals surface area contributed by atoms with Gasteiger partial charge in [-0.25, -0.2) is 0 Å². The zero-order valence-electron chi connectivity index (χ0n) is 9.10. The van der Waals surface area contributed by atoms with Crippen LogP contribution in [0.1, 0.15) is 6.42 Å². The van der Waals surface area contributed by atoms with Crippen molar-refractivity contribution in [2.45, 2.75) is 24.3 Å². The monoisotopic (exact) mass is 275 g/mol. The molecular formula is C9H10F5NO3. The van der Waals surface area contributed by atoms with Crippen LogP contribution in [0, 0.1) is 0 Å². The van der Waals surface area contributed by atoms with Crippen molar-refractivity contribution >= 4 is 5.91 Å². The summed E-state index contributed by atoms with van der Waals surface area (Å²) < 4.78 is 72.1. The molecule has 2 aliphatic rings. The first-order chi connectivity index (χ1) is 8.18. The van der Waals surface area contributed by atoms with E-state index < -0.39 is 30.3 Å². The Morgan fingerprint density at radius 2 is 1.67 bits per heavy atom. The second-order valence-electron chi connectivity index (χ2n) is 4.16. The number of rotatable bonds is 1. The molecule has 4 nitrogen and oxygen atoms in total. The molecule has 2 fully saturated rings. The average Bonchev–Trinajstić information content (AvgIpc) is 2.87. The number of ether oxygens (including phenoxy) is 2. The fraction of sp³-hybridized carbons (Fsp3) is 0.889. The van der Waals surface area contributed by atoms with Crippen LogP contribution >= 0.6 is 0 Å². The summed E-state index contributed by atoms with van der Waals surface area (Å²) in [6.07, 6.45) is -5.80. The van der Waals surface area contributed by atoms with Gasteiger partial charge in [-0.15, -0.1) is 0 Å². The number of carbonyl (C=O) groups excluding carboxylic acids is 1. The van der Waals surface area contributed by atoms with Crippen molar-refractivity contribution in [2.24, 2.45) is 0 Å². The molecule has 2 rings (SSSR count). The van der Waals surface area contributed by atoms with Crippen molar-refractivity contribution in [1.29, 1.82) is 0 Å². The van der Waals surface area contributed by atoms with E-state index in [9.17, 15) is 26.7 Å². The lowest BCUT2D eigenvalue weighted by Gasteiger charge is -2.26. The summed E-state index contributed by atoms with van der Waals surface area (Å²) in [7, 11) is 0. The van der Waals surface area contributed by atoms with Crippen molar-refractivity contribution in [3.8, 4) is 0 Å². The van der Waals surface area contributed by atoms with Gasteiger partial charge in [0.15, 0.2) is 5.79 Å². The molecule has 2 saturated heterocycles. The Kier molecular flexibility index (Phi) is 3.01. The molecule has 9 heteroatoms. The first kappa shape index (κ1) is 13.5. The molecule has 1 amide bonds. The normalized spacial score (nSPS) is 23.9. The average molecular weight is 275 g/mol. The van der Waals surface area contributed by atoms with Crippen LogP contribution in [0.4, 0.5) is 22.0 Å². The molecule has 0 aromatic rings. The molecule has 0 aromatic heterocycles. The topological polar surface area (TPSA) is 38.8 Å². The van der Waals surface area contributed by atoms with Gasteiger partial charge in [-0.2, -0.15) is 22.0 Å². The van der Waals surface area contributed by atoms with Crippen LogP contribution in [-0.2, 0) is 14.3 Å². The third-order valence-electron chi connectivity index (χ3n) is 2.92. The Bertz CT molecular complexity index is 351. The predicted octanol–water partition coefficient (Wildman–Crippen LogP) is 1.16. The quantitative estimate of drug-likeness (QED) is 0.674. The van der Waals surface area contributed by atoms with Gasteiger partial charge in [0.1, 0.15) is 0 Å². The maximum absolute atomic E-state index is 12.9. The van der Waals surface area contributed by atoms with Crippen molar-refractivity contribution in [2.75, 3.05) is 26.3 Å². The molecule has 0 radical (unpaired) electrons. The SMILES string of the molecule is O=C(N1CCC2(C1)OCCO2)C(F)(F)C(F)(F)F. The molecule has 1 spiro atoms. The highest BCUT2D eigenvalue weighted by Crippen LogP contribution is 2.39. The zero-order chi connectivity index (χ0) is 13.6. The Labute approximate surface area is 98.6 Å². The fourth-order valence-corrected chi connectivity index (χ4v) is 1.98. The van der Waals surface area contributed by atoms with Gasteiger partial charge in [0.2, 0.25) is 0 Å². The molecule has 0 saturated carbocycles. The maximum Gasteiger partial charge on any atom is 0.463 e. The van der Waals surface area contributed by atoms with E-state index in [2.05, 4.69) is 0 Å². The lowest BCUT2D eigenvalue weighted by molar-refractivity contribution is -0.274. The third-order valence-corrected chi connectivity index (χ3v) is 2.92. The standard InChI is InChI=1S/C9H10F5NO3/c10-8(11,9(12,13)14)6(16)15-2-1-7(5-15)17-3-4-18-7/h1-5H2. The zero-order valence-corrected chi connectivity index (χ0v) is 9.10. The summed E-state index contributed by atoms with van der Waals surface area (Å²) in [6, 6.07) is 0. The number of carbonyl (C=O) groups is 1. The second kappa shape index (κ2) is 4.02. The van der Waals surface area contributed by atoms with Gasteiger partial charge in [0, 0.05) is 13.0 Å². The van der Waals surface area contributed by atoms with E-state index in [-0.39, 0.29) is 26.2 Å². The number of nitrogens with zero attached hydrogens (tertiary/aromatic N) is 1. The number of alkyl halides is 5. The van der Waals surface area contributed by atoms with E-state index in [1.807, 2.05) is 0 Å². The predicted molar refractivity (Wildman–Crippen MR) is 46.8 cm³/mol. The molecule has 0 aliphatic carbocycles. The second-order valence-corrected chi connectivity index (χ2v) is 4.16. The van der Waals surface area contributed by atoms with Crippen LogP contribution in [0.3, 0.4) is 0 Å². The highest BCUT2D eigenvalue weighted by Gasteiger charge is 2.65. The number of halogens is 5. The molecule has 0 unspecified atom stereocenters. The minimum Gasteiger partial charge on any atom is -0.346 e. The molecule has 18 heavy (non-hydrogen) atoms. The summed E-state index contributed by atoms with van der Waals surface area (Å²) in [4.78, 5) is 11.6. The van der Waals surface area contributed by atoms with Gasteiger partial charge in [0.05, 0.1) is 19.8 Å². The lowest BCUT2D eigenvalue weighted by atomic mass is 10.2. The Morgan fingerprint density at radius 1 is 1.11 bits per heavy atom. The van der Waals surface area contributed by atoms with E-state index >= 15 is 0 Å². The molecule has 0 N–H and O–H groups in total. The number of likely N-dealkylation sites (tertiary alicyclic amines) is 1.